The minimum Gasteiger partial charge on any atom is -0.464 e. The van der Waals surface area contributed by atoms with Crippen LogP contribution in [0.1, 0.15) is 49.0 Å². The van der Waals surface area contributed by atoms with Crippen molar-refractivity contribution in [2.75, 3.05) is 12.4 Å². The number of anilines is 1. The van der Waals surface area contributed by atoms with E-state index in [9.17, 15) is 9.59 Å². The van der Waals surface area contributed by atoms with Gasteiger partial charge in [-0.3, -0.25) is 4.79 Å². The zero-order valence-electron chi connectivity index (χ0n) is 15.6. The number of hydrogen-bond acceptors (Lipinski definition) is 3. The summed E-state index contributed by atoms with van der Waals surface area (Å²) in [6.45, 7) is 0. The van der Waals surface area contributed by atoms with E-state index in [0.717, 1.165) is 43.0 Å². The van der Waals surface area contributed by atoms with Gasteiger partial charge in [0.2, 0.25) is 5.91 Å². The monoisotopic (exact) mass is 464 g/mol. The van der Waals surface area contributed by atoms with Crippen LogP contribution in [-0.2, 0) is 9.53 Å². The molecule has 2 N–H and O–H groups in total. The molecule has 1 aromatic carbocycles. The number of fused-ring (bicyclic) bond motifs is 1. The predicted molar refractivity (Wildman–Crippen MR) is 112 cm³/mol. The number of aromatic nitrogens is 1. The number of esters is 1. The number of rotatable bonds is 3. The average molecular weight is 466 g/mol. The van der Waals surface area contributed by atoms with Crippen molar-refractivity contribution in [2.24, 2.45) is 17.3 Å². The minimum atomic E-state index is -0.509. The largest absolute Gasteiger partial charge is 0.464 e. The van der Waals surface area contributed by atoms with Crippen molar-refractivity contribution in [1.82, 2.24) is 4.98 Å². The normalized spacial score (nSPS) is 33.2. The van der Waals surface area contributed by atoms with Gasteiger partial charge in [0.15, 0.2) is 0 Å². The molecule has 2 atom stereocenters. The molecule has 1 heterocycles. The molecule has 7 heteroatoms. The van der Waals surface area contributed by atoms with Gasteiger partial charge in [-0.1, -0.05) is 27.5 Å². The maximum atomic E-state index is 13.6. The van der Waals surface area contributed by atoms with E-state index in [1.807, 2.05) is 0 Å². The van der Waals surface area contributed by atoms with E-state index in [2.05, 4.69) is 26.2 Å². The summed E-state index contributed by atoms with van der Waals surface area (Å²) >= 11 is 10.1. The summed E-state index contributed by atoms with van der Waals surface area (Å²) in [5, 5.41) is 4.37. The lowest BCUT2D eigenvalue weighted by Crippen LogP contribution is -2.57. The summed E-state index contributed by atoms with van der Waals surface area (Å²) < 4.78 is 5.01. The van der Waals surface area contributed by atoms with Crippen LogP contribution < -0.4 is 5.32 Å². The van der Waals surface area contributed by atoms with Crippen LogP contribution >= 0.6 is 27.5 Å². The first-order valence-corrected chi connectivity index (χ1v) is 10.9. The zero-order chi connectivity index (χ0) is 19.7. The molecule has 0 aliphatic heterocycles. The molecule has 1 aromatic heterocycles. The number of hydrogen-bond donors (Lipinski definition) is 2. The quantitative estimate of drug-likeness (QED) is 0.478. The van der Waals surface area contributed by atoms with Crippen LogP contribution in [0.2, 0.25) is 5.02 Å². The third-order valence-electron chi connectivity index (χ3n) is 6.86. The summed E-state index contributed by atoms with van der Waals surface area (Å²) in [5.74, 6) is 0.703. The van der Waals surface area contributed by atoms with Crippen LogP contribution in [0.5, 0.6) is 0 Å². The summed E-state index contributed by atoms with van der Waals surface area (Å²) in [5.41, 5.74) is 1.09. The van der Waals surface area contributed by atoms with Gasteiger partial charge in [0.05, 0.1) is 18.2 Å². The van der Waals surface area contributed by atoms with Gasteiger partial charge in [0.1, 0.15) is 5.69 Å². The third kappa shape index (κ3) is 2.79. The Labute approximate surface area is 176 Å². The lowest BCUT2D eigenvalue weighted by Gasteiger charge is -2.59. The van der Waals surface area contributed by atoms with E-state index in [1.54, 1.807) is 18.2 Å². The molecule has 4 aliphatic rings. The van der Waals surface area contributed by atoms with Crippen molar-refractivity contribution in [3.63, 3.8) is 0 Å². The van der Waals surface area contributed by atoms with E-state index < -0.39 is 5.97 Å². The number of alkyl halides is 1. The summed E-state index contributed by atoms with van der Waals surface area (Å²) in [7, 11) is 1.33. The van der Waals surface area contributed by atoms with Gasteiger partial charge in [0, 0.05) is 20.2 Å². The fraction of sp³-hybridized carbons (Fsp3) is 0.524. The smallest absolute Gasteiger partial charge is 0.356 e. The zero-order valence-corrected chi connectivity index (χ0v) is 18.0. The second kappa shape index (κ2) is 6.23. The number of carbonyl (C=O) groups is 2. The van der Waals surface area contributed by atoms with Gasteiger partial charge in [-0.05, 0) is 68.6 Å². The van der Waals surface area contributed by atoms with Crippen molar-refractivity contribution >= 4 is 56.0 Å². The first-order chi connectivity index (χ1) is 13.3. The van der Waals surface area contributed by atoms with E-state index >= 15 is 0 Å². The topological polar surface area (TPSA) is 71.2 Å². The Morgan fingerprint density at radius 2 is 1.96 bits per heavy atom. The highest BCUT2D eigenvalue weighted by Crippen LogP contribution is 2.64. The number of benzene rings is 1. The van der Waals surface area contributed by atoms with E-state index in [-0.39, 0.29) is 21.3 Å². The van der Waals surface area contributed by atoms with Crippen molar-refractivity contribution < 1.29 is 14.3 Å². The highest BCUT2D eigenvalue weighted by molar-refractivity contribution is 9.10. The molecule has 6 rings (SSSR count). The molecule has 2 aromatic rings. The molecule has 0 spiro atoms. The number of aromatic amines is 1. The first-order valence-electron chi connectivity index (χ1n) is 9.71. The Kier molecular flexibility index (Phi) is 4.12. The molecule has 0 radical (unpaired) electrons. The molecule has 4 aliphatic carbocycles. The number of halogens is 2. The second-order valence-electron chi connectivity index (χ2n) is 8.90. The minimum absolute atomic E-state index is 0.0106. The van der Waals surface area contributed by atoms with Crippen molar-refractivity contribution in [2.45, 2.75) is 42.8 Å². The second-order valence-corrected chi connectivity index (χ2v) is 11.0. The number of ether oxygens (including phenoxy) is 1. The lowest BCUT2D eigenvalue weighted by atomic mass is 9.49. The first kappa shape index (κ1) is 18.5. The van der Waals surface area contributed by atoms with Gasteiger partial charge in [-0.15, -0.1) is 0 Å². The summed E-state index contributed by atoms with van der Waals surface area (Å²) in [6, 6.07) is 5.32. The molecule has 1 amide bonds. The Morgan fingerprint density at radius 3 is 2.61 bits per heavy atom. The standard InChI is InChI=1S/C21H22BrClN2O3/c1-28-18(26)17-16(14-5-13(23)2-3-15(14)24-17)25-19(27)20-6-11-4-12(7-20)9-21(22,8-11)10-20/h2-3,5,11-12,24H,4,6-10H2,1H3,(H,25,27). The maximum Gasteiger partial charge on any atom is 0.356 e. The third-order valence-corrected chi connectivity index (χ3v) is 8.02. The van der Waals surface area contributed by atoms with Crippen LogP contribution in [-0.4, -0.2) is 28.3 Å². The Bertz CT molecular complexity index is 987. The van der Waals surface area contributed by atoms with Crippen LogP contribution in [0, 0.1) is 17.3 Å². The number of amides is 1. The molecule has 148 valence electrons. The van der Waals surface area contributed by atoms with Crippen LogP contribution in [0.15, 0.2) is 18.2 Å². The van der Waals surface area contributed by atoms with Crippen LogP contribution in [0.4, 0.5) is 5.69 Å². The SMILES string of the molecule is COC(=O)c1[nH]c2ccc(Cl)cc2c1NC(=O)C12CC3CC(CC(Br)(C3)C1)C2. The Hall–Kier alpha value is -1.53. The van der Waals surface area contributed by atoms with Crippen molar-refractivity contribution in [3.8, 4) is 0 Å². The maximum absolute atomic E-state index is 13.6. The van der Waals surface area contributed by atoms with Crippen molar-refractivity contribution in [3.05, 3.63) is 28.9 Å². The Balaban J connectivity index is 1.54. The number of H-pyrrole nitrogens is 1. The Morgan fingerprint density at radius 1 is 1.25 bits per heavy atom. The molecule has 2 unspecified atom stereocenters. The van der Waals surface area contributed by atoms with Gasteiger partial charge in [-0.2, -0.15) is 0 Å². The molecule has 5 nitrogen and oxygen atoms in total. The van der Waals surface area contributed by atoms with Gasteiger partial charge < -0.3 is 15.0 Å². The van der Waals surface area contributed by atoms with E-state index in [1.165, 1.54) is 13.5 Å². The van der Waals surface area contributed by atoms with Crippen molar-refractivity contribution in [1.29, 1.82) is 0 Å². The lowest BCUT2D eigenvalue weighted by molar-refractivity contribution is -0.138. The molecule has 4 saturated carbocycles. The number of nitrogens with one attached hydrogen (secondary N) is 2. The van der Waals surface area contributed by atoms with Gasteiger partial charge >= 0.3 is 5.97 Å². The fourth-order valence-electron chi connectivity index (χ4n) is 6.21. The van der Waals surface area contributed by atoms with E-state index in [4.69, 9.17) is 16.3 Å². The highest BCUT2D eigenvalue weighted by Gasteiger charge is 2.59. The van der Waals surface area contributed by atoms with Gasteiger partial charge in [0.25, 0.3) is 0 Å². The molecule has 0 saturated heterocycles. The number of carbonyl (C=O) groups excluding carboxylic acids is 2. The van der Waals surface area contributed by atoms with Gasteiger partial charge in [-0.25, -0.2) is 4.79 Å². The molecule has 4 fully saturated rings. The fourth-order valence-corrected chi connectivity index (χ4v) is 7.84. The highest BCUT2D eigenvalue weighted by atomic mass is 79.9. The molecule has 28 heavy (non-hydrogen) atoms. The van der Waals surface area contributed by atoms with E-state index in [0.29, 0.717) is 22.5 Å². The van der Waals surface area contributed by atoms with Crippen LogP contribution in [0.25, 0.3) is 10.9 Å². The summed E-state index contributed by atoms with van der Waals surface area (Å²) in [4.78, 5) is 29.0. The predicted octanol–water partition coefficient (Wildman–Crippen LogP) is 5.28. The summed E-state index contributed by atoms with van der Waals surface area (Å²) in [6.07, 6.45) is 6.27. The molecular weight excluding hydrogens is 444 g/mol. The molecule has 4 bridgehead atoms. The van der Waals surface area contributed by atoms with Crippen LogP contribution in [0.3, 0.4) is 0 Å². The number of methoxy groups -OCH3 is 1. The molecular formula is C21H22BrClN2O3. The average Bonchev–Trinajstić information content (AvgIpc) is 2.97.